The Balaban J connectivity index is 2.02. The molecule has 2 rings (SSSR count). The van der Waals surface area contributed by atoms with Crippen LogP contribution in [0.25, 0.3) is 0 Å². The summed E-state index contributed by atoms with van der Waals surface area (Å²) in [7, 11) is 0. The fraction of sp³-hybridized carbons (Fsp3) is 0.500. The van der Waals surface area contributed by atoms with E-state index in [0.717, 1.165) is 21.3 Å². The van der Waals surface area contributed by atoms with Crippen LogP contribution in [0.1, 0.15) is 37.3 Å². The van der Waals surface area contributed by atoms with Gasteiger partial charge < -0.3 is 5.73 Å². The minimum Gasteiger partial charge on any atom is -0.324 e. The van der Waals surface area contributed by atoms with Crippen molar-refractivity contribution in [2.75, 3.05) is 0 Å². The Morgan fingerprint density at radius 3 is 2.73 bits per heavy atom. The van der Waals surface area contributed by atoms with Crippen molar-refractivity contribution in [3.63, 3.8) is 0 Å². The Hall–Kier alpha value is 0.140. The topological polar surface area (TPSA) is 26.0 Å². The normalized spacial score (nSPS) is 17.8. The van der Waals surface area contributed by atoms with Gasteiger partial charge in [0.15, 0.2) is 0 Å². The number of hydrogen-bond donors (Lipinski definition) is 1. The maximum atomic E-state index is 6.19. The molecule has 1 nitrogen and oxygen atoms in total. The summed E-state index contributed by atoms with van der Waals surface area (Å²) in [6.45, 7) is 0. The van der Waals surface area contributed by atoms with Gasteiger partial charge in [0.2, 0.25) is 0 Å². The van der Waals surface area contributed by atoms with E-state index in [4.69, 9.17) is 5.73 Å². The Kier molecular flexibility index (Phi) is 3.86. The minimum absolute atomic E-state index is 0.164. The highest BCUT2D eigenvalue weighted by Crippen LogP contribution is 2.36. The van der Waals surface area contributed by atoms with Crippen LogP contribution >= 0.6 is 31.9 Å². The van der Waals surface area contributed by atoms with Gasteiger partial charge >= 0.3 is 0 Å². The van der Waals surface area contributed by atoms with Crippen molar-refractivity contribution < 1.29 is 0 Å². The zero-order chi connectivity index (χ0) is 10.8. The van der Waals surface area contributed by atoms with Crippen LogP contribution in [-0.4, -0.2) is 0 Å². The smallest absolute Gasteiger partial charge is 0.0306 e. The zero-order valence-electron chi connectivity index (χ0n) is 8.55. The molecular weight excluding hydrogens is 318 g/mol. The maximum Gasteiger partial charge on any atom is 0.0306 e. The van der Waals surface area contributed by atoms with Gasteiger partial charge in [-0.2, -0.15) is 0 Å². The van der Waals surface area contributed by atoms with Crippen LogP contribution in [-0.2, 0) is 0 Å². The third-order valence-electron chi connectivity index (χ3n) is 2.94. The van der Waals surface area contributed by atoms with Crippen LogP contribution in [0.2, 0.25) is 0 Å². The van der Waals surface area contributed by atoms with E-state index in [-0.39, 0.29) is 6.04 Å². The summed E-state index contributed by atoms with van der Waals surface area (Å²) in [5, 5.41) is 0. The van der Waals surface area contributed by atoms with Crippen molar-refractivity contribution in [2.24, 2.45) is 11.7 Å². The van der Waals surface area contributed by atoms with Gasteiger partial charge in [0.25, 0.3) is 0 Å². The van der Waals surface area contributed by atoms with E-state index in [2.05, 4.69) is 44.0 Å². The quantitative estimate of drug-likeness (QED) is 0.868. The molecular formula is C12H15Br2N. The highest BCUT2D eigenvalue weighted by atomic mass is 79.9. The summed E-state index contributed by atoms with van der Waals surface area (Å²) in [6.07, 6.45) is 5.19. The lowest BCUT2D eigenvalue weighted by Gasteiger charge is -2.14. The molecule has 1 atom stereocenters. The average Bonchev–Trinajstić information content (AvgIpc) is 3.02. The van der Waals surface area contributed by atoms with E-state index < -0.39 is 0 Å². The number of nitrogens with two attached hydrogens (primary N) is 1. The number of rotatable bonds is 4. The predicted molar refractivity (Wildman–Crippen MR) is 70.7 cm³/mol. The van der Waals surface area contributed by atoms with Crippen molar-refractivity contribution >= 4 is 31.9 Å². The molecule has 3 heteroatoms. The Morgan fingerprint density at radius 1 is 1.33 bits per heavy atom. The first-order chi connectivity index (χ1) is 7.16. The number of hydrogen-bond acceptors (Lipinski definition) is 1. The molecule has 1 unspecified atom stereocenters. The SMILES string of the molecule is NC(CCC1CC1)c1cc(Br)ccc1Br. The van der Waals surface area contributed by atoms with Crippen molar-refractivity contribution in [1.29, 1.82) is 0 Å². The Labute approximate surface area is 108 Å². The molecule has 1 aliphatic carbocycles. The van der Waals surface area contributed by atoms with Crippen LogP contribution in [0, 0.1) is 5.92 Å². The molecule has 0 bridgehead atoms. The lowest BCUT2D eigenvalue weighted by atomic mass is 10.0. The molecule has 1 fully saturated rings. The van der Waals surface area contributed by atoms with Crippen LogP contribution in [0.4, 0.5) is 0 Å². The molecule has 15 heavy (non-hydrogen) atoms. The van der Waals surface area contributed by atoms with Crippen LogP contribution in [0.3, 0.4) is 0 Å². The number of halogens is 2. The van der Waals surface area contributed by atoms with Gasteiger partial charge in [-0.05, 0) is 42.5 Å². The summed E-state index contributed by atoms with van der Waals surface area (Å²) >= 11 is 7.03. The van der Waals surface area contributed by atoms with Gasteiger partial charge in [-0.15, -0.1) is 0 Å². The van der Waals surface area contributed by atoms with E-state index >= 15 is 0 Å². The lowest BCUT2D eigenvalue weighted by molar-refractivity contribution is 0.573. The highest BCUT2D eigenvalue weighted by molar-refractivity contribution is 9.11. The monoisotopic (exact) mass is 331 g/mol. The molecule has 0 saturated heterocycles. The fourth-order valence-corrected chi connectivity index (χ4v) is 2.70. The number of benzene rings is 1. The third-order valence-corrected chi connectivity index (χ3v) is 4.16. The molecule has 2 N–H and O–H groups in total. The van der Waals surface area contributed by atoms with Gasteiger partial charge in [-0.1, -0.05) is 44.7 Å². The first-order valence-corrected chi connectivity index (χ1v) is 6.96. The van der Waals surface area contributed by atoms with E-state index in [0.29, 0.717) is 0 Å². The first kappa shape index (κ1) is 11.6. The fourth-order valence-electron chi connectivity index (χ4n) is 1.78. The summed E-state index contributed by atoms with van der Waals surface area (Å²) in [4.78, 5) is 0. The summed E-state index contributed by atoms with van der Waals surface area (Å²) < 4.78 is 2.22. The van der Waals surface area contributed by atoms with Crippen LogP contribution in [0.15, 0.2) is 27.1 Å². The Bertz CT molecular complexity index is 347. The predicted octanol–water partition coefficient (Wildman–Crippen LogP) is 4.40. The standard InChI is InChI=1S/C12H15Br2N/c13-9-4-5-11(14)10(7-9)12(15)6-3-8-1-2-8/h4-5,7-8,12H,1-3,6,15H2. The van der Waals surface area contributed by atoms with E-state index in [1.165, 1.54) is 24.8 Å². The molecule has 0 amide bonds. The second-order valence-corrected chi connectivity index (χ2v) is 6.06. The molecule has 0 spiro atoms. The maximum absolute atomic E-state index is 6.19. The van der Waals surface area contributed by atoms with E-state index in [9.17, 15) is 0 Å². The third kappa shape index (κ3) is 3.30. The zero-order valence-corrected chi connectivity index (χ0v) is 11.7. The van der Waals surface area contributed by atoms with Gasteiger partial charge in [0.1, 0.15) is 0 Å². The summed E-state index contributed by atoms with van der Waals surface area (Å²) in [6, 6.07) is 6.36. The molecule has 0 aliphatic heterocycles. The van der Waals surface area contributed by atoms with Gasteiger partial charge in [-0.3, -0.25) is 0 Å². The van der Waals surface area contributed by atoms with E-state index in [1.807, 2.05) is 6.07 Å². The molecule has 1 saturated carbocycles. The second-order valence-electron chi connectivity index (χ2n) is 4.29. The molecule has 82 valence electrons. The summed E-state index contributed by atoms with van der Waals surface area (Å²) in [5.41, 5.74) is 7.40. The van der Waals surface area contributed by atoms with Crippen molar-refractivity contribution in [3.05, 3.63) is 32.7 Å². The molecule has 0 heterocycles. The van der Waals surface area contributed by atoms with Crippen LogP contribution < -0.4 is 5.73 Å². The highest BCUT2D eigenvalue weighted by Gasteiger charge is 2.22. The van der Waals surface area contributed by atoms with Gasteiger partial charge in [-0.25, -0.2) is 0 Å². The van der Waals surface area contributed by atoms with Crippen molar-refractivity contribution in [3.8, 4) is 0 Å². The molecule has 0 radical (unpaired) electrons. The summed E-state index contributed by atoms with van der Waals surface area (Å²) in [5.74, 6) is 0.960. The largest absolute Gasteiger partial charge is 0.324 e. The minimum atomic E-state index is 0.164. The second kappa shape index (κ2) is 4.98. The molecule has 1 aliphatic rings. The lowest BCUT2D eigenvalue weighted by Crippen LogP contribution is -2.11. The van der Waals surface area contributed by atoms with Gasteiger partial charge in [0, 0.05) is 15.0 Å². The van der Waals surface area contributed by atoms with Crippen molar-refractivity contribution in [2.45, 2.75) is 31.7 Å². The van der Waals surface area contributed by atoms with Crippen molar-refractivity contribution in [1.82, 2.24) is 0 Å². The van der Waals surface area contributed by atoms with Crippen LogP contribution in [0.5, 0.6) is 0 Å². The van der Waals surface area contributed by atoms with Gasteiger partial charge in [0.05, 0.1) is 0 Å². The average molecular weight is 333 g/mol. The molecule has 0 aromatic heterocycles. The molecule has 1 aromatic carbocycles. The molecule has 1 aromatic rings. The van der Waals surface area contributed by atoms with E-state index in [1.54, 1.807) is 0 Å². The first-order valence-electron chi connectivity index (χ1n) is 5.37. The Morgan fingerprint density at radius 2 is 2.07 bits per heavy atom.